The Balaban J connectivity index is 1.41. The Morgan fingerprint density at radius 2 is 1.88 bits per heavy atom. The first-order valence-electron chi connectivity index (χ1n) is 9.48. The van der Waals surface area contributed by atoms with Gasteiger partial charge in [-0.3, -0.25) is 0 Å². The Morgan fingerprint density at radius 3 is 2.56 bits per heavy atom. The summed E-state index contributed by atoms with van der Waals surface area (Å²) in [6.07, 6.45) is 8.52. The van der Waals surface area contributed by atoms with Crippen molar-refractivity contribution < 1.29 is 4.74 Å². The first-order valence-corrected chi connectivity index (χ1v) is 9.86. The van der Waals surface area contributed by atoms with Gasteiger partial charge in [0, 0.05) is 24.2 Å². The fourth-order valence-corrected chi connectivity index (χ4v) is 4.14. The molecule has 1 aromatic carbocycles. The fourth-order valence-electron chi connectivity index (χ4n) is 3.96. The van der Waals surface area contributed by atoms with Gasteiger partial charge in [0.25, 0.3) is 0 Å². The van der Waals surface area contributed by atoms with Crippen molar-refractivity contribution in [2.45, 2.75) is 57.1 Å². The Hall–Kier alpha value is -1.28. The van der Waals surface area contributed by atoms with Crippen LogP contribution in [0.4, 0.5) is 0 Å². The van der Waals surface area contributed by atoms with E-state index in [9.17, 15) is 5.26 Å². The number of halogens is 1. The smallest absolute Gasteiger partial charge is 0.137 e. The van der Waals surface area contributed by atoms with E-state index >= 15 is 0 Å². The molecule has 0 amide bonds. The van der Waals surface area contributed by atoms with Gasteiger partial charge in [0.1, 0.15) is 17.9 Å². The molecule has 136 valence electrons. The lowest BCUT2D eigenvalue weighted by molar-refractivity contribution is 0.0950. The molecule has 0 unspecified atom stereocenters. The number of likely N-dealkylation sites (tertiary alicyclic amines) is 1. The van der Waals surface area contributed by atoms with Gasteiger partial charge >= 0.3 is 0 Å². The highest BCUT2D eigenvalue weighted by molar-refractivity contribution is 6.30. The summed E-state index contributed by atoms with van der Waals surface area (Å²) in [5.74, 6) is 1.52. The zero-order chi connectivity index (χ0) is 17.6. The second-order valence-corrected chi connectivity index (χ2v) is 7.92. The quantitative estimate of drug-likeness (QED) is 0.862. The minimum Gasteiger partial charge on any atom is -0.489 e. The van der Waals surface area contributed by atoms with E-state index in [1.807, 2.05) is 0 Å². The molecule has 25 heavy (non-hydrogen) atoms. The summed E-state index contributed by atoms with van der Waals surface area (Å²) in [5.41, 5.74) is 6.51. The molecule has 1 aliphatic carbocycles. The molecule has 1 aromatic rings. The van der Waals surface area contributed by atoms with Crippen LogP contribution in [0.3, 0.4) is 0 Å². The van der Waals surface area contributed by atoms with Crippen LogP contribution in [0.15, 0.2) is 18.2 Å². The van der Waals surface area contributed by atoms with E-state index < -0.39 is 0 Å². The van der Waals surface area contributed by atoms with E-state index in [2.05, 4.69) is 11.0 Å². The molecule has 5 heteroatoms. The van der Waals surface area contributed by atoms with Crippen molar-refractivity contribution >= 4 is 11.6 Å². The molecule has 2 fully saturated rings. The highest BCUT2D eigenvalue weighted by Gasteiger charge is 2.23. The van der Waals surface area contributed by atoms with E-state index in [1.54, 1.807) is 18.2 Å². The van der Waals surface area contributed by atoms with Crippen LogP contribution in [-0.2, 0) is 0 Å². The molecule has 0 bridgehead atoms. The van der Waals surface area contributed by atoms with Crippen LogP contribution in [0.25, 0.3) is 0 Å². The van der Waals surface area contributed by atoms with Crippen LogP contribution in [0, 0.1) is 17.2 Å². The molecular formula is C20H28ClN3O. The van der Waals surface area contributed by atoms with Crippen molar-refractivity contribution in [2.75, 3.05) is 19.6 Å². The fraction of sp³-hybridized carbons (Fsp3) is 0.650. The second kappa shape index (κ2) is 8.89. The van der Waals surface area contributed by atoms with Crippen molar-refractivity contribution in [1.29, 1.82) is 5.26 Å². The van der Waals surface area contributed by atoms with Crippen molar-refractivity contribution in [2.24, 2.45) is 11.7 Å². The lowest BCUT2D eigenvalue weighted by Crippen LogP contribution is -2.39. The van der Waals surface area contributed by atoms with Gasteiger partial charge < -0.3 is 15.4 Å². The molecule has 0 aromatic heterocycles. The van der Waals surface area contributed by atoms with Crippen LogP contribution in [-0.4, -0.2) is 36.7 Å². The lowest BCUT2D eigenvalue weighted by Gasteiger charge is -2.34. The molecule has 1 aliphatic heterocycles. The van der Waals surface area contributed by atoms with Gasteiger partial charge in [0.15, 0.2) is 0 Å². The van der Waals surface area contributed by atoms with Crippen LogP contribution < -0.4 is 10.5 Å². The lowest BCUT2D eigenvalue weighted by atomic mass is 9.84. The standard InChI is InChI=1S/C20H28ClN3O/c21-17-3-6-20(16(13-17)14-22)25-19-8-11-24(12-9-19)10-7-15-1-4-18(23)5-2-15/h3,6,13,15,18-19H,1-2,4-5,7-12,23H2. The van der Waals surface area contributed by atoms with Crippen LogP contribution in [0.1, 0.15) is 50.5 Å². The van der Waals surface area contributed by atoms with E-state index in [0.29, 0.717) is 22.4 Å². The molecule has 2 N–H and O–H groups in total. The van der Waals surface area contributed by atoms with Crippen LogP contribution in [0.2, 0.25) is 5.02 Å². The molecule has 1 heterocycles. The number of hydrogen-bond acceptors (Lipinski definition) is 4. The maximum absolute atomic E-state index is 9.22. The number of nitrogens with two attached hydrogens (primary N) is 1. The predicted molar refractivity (Wildman–Crippen MR) is 101 cm³/mol. The predicted octanol–water partition coefficient (Wildman–Crippen LogP) is 3.96. The number of nitrogens with zero attached hydrogens (tertiary/aromatic N) is 2. The van der Waals surface area contributed by atoms with Crippen LogP contribution >= 0.6 is 11.6 Å². The Kier molecular flexibility index (Phi) is 6.58. The highest BCUT2D eigenvalue weighted by atomic mass is 35.5. The Bertz CT molecular complexity index is 599. The number of rotatable bonds is 5. The second-order valence-electron chi connectivity index (χ2n) is 7.48. The van der Waals surface area contributed by atoms with Gasteiger partial charge in [0.2, 0.25) is 0 Å². The van der Waals surface area contributed by atoms with Gasteiger partial charge in [-0.1, -0.05) is 11.6 Å². The number of piperidine rings is 1. The van der Waals surface area contributed by atoms with Crippen molar-refractivity contribution in [1.82, 2.24) is 4.90 Å². The minimum atomic E-state index is 0.192. The monoisotopic (exact) mass is 361 g/mol. The summed E-state index contributed by atoms with van der Waals surface area (Å²) in [7, 11) is 0. The normalized spacial score (nSPS) is 25.5. The van der Waals surface area contributed by atoms with Crippen molar-refractivity contribution in [3.05, 3.63) is 28.8 Å². The molecule has 3 rings (SSSR count). The first kappa shape index (κ1) is 18.5. The van der Waals surface area contributed by atoms with E-state index in [4.69, 9.17) is 22.1 Å². The van der Waals surface area contributed by atoms with Crippen molar-refractivity contribution in [3.63, 3.8) is 0 Å². The van der Waals surface area contributed by atoms with Gasteiger partial charge in [0.05, 0.1) is 5.56 Å². The highest BCUT2D eigenvalue weighted by Crippen LogP contribution is 2.28. The number of hydrogen-bond donors (Lipinski definition) is 1. The number of ether oxygens (including phenoxy) is 1. The topological polar surface area (TPSA) is 62.3 Å². The van der Waals surface area contributed by atoms with Gasteiger partial charge in [-0.25, -0.2) is 0 Å². The van der Waals surface area contributed by atoms with Gasteiger partial charge in [-0.15, -0.1) is 0 Å². The summed E-state index contributed by atoms with van der Waals surface area (Å²) >= 11 is 5.94. The van der Waals surface area contributed by atoms with Crippen LogP contribution in [0.5, 0.6) is 5.75 Å². The molecule has 0 atom stereocenters. The van der Waals surface area contributed by atoms with Gasteiger partial charge in [-0.2, -0.15) is 5.26 Å². The molecule has 0 radical (unpaired) electrons. The van der Waals surface area contributed by atoms with E-state index in [1.165, 1.54) is 38.6 Å². The van der Waals surface area contributed by atoms with Crippen molar-refractivity contribution in [3.8, 4) is 11.8 Å². The summed E-state index contributed by atoms with van der Waals surface area (Å²) in [6.45, 7) is 3.34. The molecular weight excluding hydrogens is 334 g/mol. The average Bonchev–Trinajstić information content (AvgIpc) is 2.64. The third-order valence-electron chi connectivity index (χ3n) is 5.64. The Morgan fingerprint density at radius 1 is 1.16 bits per heavy atom. The zero-order valence-electron chi connectivity index (χ0n) is 14.8. The summed E-state index contributed by atoms with van der Waals surface area (Å²) < 4.78 is 6.07. The SMILES string of the molecule is N#Cc1cc(Cl)ccc1OC1CCN(CCC2CCC(N)CC2)CC1. The summed E-state index contributed by atoms with van der Waals surface area (Å²) in [5, 5.41) is 9.79. The largest absolute Gasteiger partial charge is 0.489 e. The summed E-state index contributed by atoms with van der Waals surface area (Å²) in [6, 6.07) is 7.86. The molecule has 1 saturated heterocycles. The maximum Gasteiger partial charge on any atom is 0.137 e. The third kappa shape index (κ3) is 5.34. The van der Waals surface area contributed by atoms with E-state index in [-0.39, 0.29) is 6.10 Å². The zero-order valence-corrected chi connectivity index (χ0v) is 15.5. The molecule has 1 saturated carbocycles. The molecule has 4 nitrogen and oxygen atoms in total. The summed E-state index contributed by atoms with van der Waals surface area (Å²) in [4.78, 5) is 2.56. The number of benzene rings is 1. The van der Waals surface area contributed by atoms with Gasteiger partial charge in [-0.05, 0) is 75.6 Å². The Labute approximate surface area is 155 Å². The molecule has 0 spiro atoms. The number of nitriles is 1. The third-order valence-corrected chi connectivity index (χ3v) is 5.87. The minimum absolute atomic E-state index is 0.192. The average molecular weight is 362 g/mol. The maximum atomic E-state index is 9.22. The van der Waals surface area contributed by atoms with E-state index in [0.717, 1.165) is 31.8 Å². The molecule has 2 aliphatic rings. The first-order chi connectivity index (χ1) is 12.1.